The molecule has 0 aliphatic heterocycles. The Balaban J connectivity index is 2.20. The maximum atomic E-state index is 13.0. The summed E-state index contributed by atoms with van der Waals surface area (Å²) in [4.78, 5) is 0. The van der Waals surface area contributed by atoms with Crippen LogP contribution in [-0.2, 0) is 17.7 Å². The van der Waals surface area contributed by atoms with Gasteiger partial charge < -0.3 is 10.1 Å². The van der Waals surface area contributed by atoms with Gasteiger partial charge in [0.2, 0.25) is 0 Å². The Morgan fingerprint density at radius 3 is 2.71 bits per heavy atom. The third kappa shape index (κ3) is 4.12. The molecule has 1 heterocycles. The van der Waals surface area contributed by atoms with Gasteiger partial charge in [-0.15, -0.1) is 0 Å². The lowest BCUT2D eigenvalue weighted by Gasteiger charge is -2.19. The number of halogens is 2. The molecule has 0 amide bonds. The van der Waals surface area contributed by atoms with Crippen LogP contribution in [0.15, 0.2) is 34.9 Å². The minimum Gasteiger partial charge on any atom is -0.383 e. The number of nitrogens with one attached hydrogen (secondary N) is 1. The fourth-order valence-corrected chi connectivity index (χ4v) is 2.84. The van der Waals surface area contributed by atoms with E-state index < -0.39 is 0 Å². The minimum atomic E-state index is -0.217. The van der Waals surface area contributed by atoms with Gasteiger partial charge in [0.15, 0.2) is 0 Å². The van der Waals surface area contributed by atoms with Crippen molar-refractivity contribution in [1.29, 1.82) is 0 Å². The lowest BCUT2D eigenvalue weighted by molar-refractivity contribution is 0.181. The van der Waals surface area contributed by atoms with Crippen LogP contribution in [-0.4, -0.2) is 30.5 Å². The van der Waals surface area contributed by atoms with Crippen molar-refractivity contribution in [2.75, 3.05) is 20.8 Å². The van der Waals surface area contributed by atoms with Crippen molar-refractivity contribution in [3.8, 4) is 0 Å². The molecule has 0 spiro atoms. The van der Waals surface area contributed by atoms with E-state index in [0.717, 1.165) is 22.2 Å². The molecule has 21 heavy (non-hydrogen) atoms. The SMILES string of the molecule is CNC(Cc1ccc(F)cc1)c1c(Br)cnn1CCOC. The van der Waals surface area contributed by atoms with Crippen molar-refractivity contribution in [3.63, 3.8) is 0 Å². The van der Waals surface area contributed by atoms with E-state index in [1.807, 2.05) is 23.9 Å². The van der Waals surface area contributed by atoms with Crippen molar-refractivity contribution in [2.45, 2.75) is 19.0 Å². The molecule has 0 aliphatic rings. The Kier molecular flexibility index (Phi) is 5.90. The Bertz CT molecular complexity index is 571. The predicted octanol–water partition coefficient (Wildman–Crippen LogP) is 2.93. The largest absolute Gasteiger partial charge is 0.383 e. The van der Waals surface area contributed by atoms with Crippen molar-refractivity contribution in [3.05, 3.63) is 52.0 Å². The van der Waals surface area contributed by atoms with Gasteiger partial charge in [0.1, 0.15) is 5.82 Å². The van der Waals surface area contributed by atoms with E-state index in [1.165, 1.54) is 12.1 Å². The molecule has 0 saturated heterocycles. The summed E-state index contributed by atoms with van der Waals surface area (Å²) in [6.45, 7) is 1.30. The first-order valence-electron chi connectivity index (χ1n) is 6.77. The Hall–Kier alpha value is -1.24. The smallest absolute Gasteiger partial charge is 0.123 e. The summed E-state index contributed by atoms with van der Waals surface area (Å²) < 4.78 is 21.0. The zero-order chi connectivity index (χ0) is 15.2. The first kappa shape index (κ1) is 16.1. The molecular weight excluding hydrogens is 337 g/mol. The average Bonchev–Trinajstić information content (AvgIpc) is 2.85. The highest BCUT2D eigenvalue weighted by Crippen LogP contribution is 2.26. The van der Waals surface area contributed by atoms with E-state index in [-0.39, 0.29) is 11.9 Å². The number of likely N-dealkylation sites (N-methyl/N-ethyl adjacent to an activating group) is 1. The van der Waals surface area contributed by atoms with Crippen LogP contribution >= 0.6 is 15.9 Å². The van der Waals surface area contributed by atoms with Gasteiger partial charge in [0.05, 0.1) is 35.6 Å². The van der Waals surface area contributed by atoms with Gasteiger partial charge in [-0.1, -0.05) is 12.1 Å². The fraction of sp³-hybridized carbons (Fsp3) is 0.400. The van der Waals surface area contributed by atoms with Crippen LogP contribution in [0.3, 0.4) is 0 Å². The van der Waals surface area contributed by atoms with Crippen molar-refractivity contribution < 1.29 is 9.13 Å². The van der Waals surface area contributed by atoms with Gasteiger partial charge in [0, 0.05) is 7.11 Å². The molecule has 6 heteroatoms. The number of nitrogens with zero attached hydrogens (tertiary/aromatic N) is 2. The molecule has 1 atom stereocenters. The number of ether oxygens (including phenoxy) is 1. The molecule has 1 aromatic heterocycles. The molecule has 0 aliphatic carbocycles. The second-order valence-corrected chi connectivity index (χ2v) is 5.62. The maximum Gasteiger partial charge on any atom is 0.123 e. The van der Waals surface area contributed by atoms with Gasteiger partial charge in [-0.3, -0.25) is 4.68 Å². The molecule has 1 aromatic carbocycles. The van der Waals surface area contributed by atoms with E-state index in [9.17, 15) is 4.39 Å². The molecule has 1 N–H and O–H groups in total. The van der Waals surface area contributed by atoms with Crippen molar-refractivity contribution in [2.24, 2.45) is 0 Å². The number of aromatic nitrogens is 2. The van der Waals surface area contributed by atoms with Crippen molar-refractivity contribution >= 4 is 15.9 Å². The van der Waals surface area contributed by atoms with Crippen LogP contribution in [0.4, 0.5) is 4.39 Å². The summed E-state index contributed by atoms with van der Waals surface area (Å²) in [5.41, 5.74) is 2.14. The van der Waals surface area contributed by atoms with E-state index in [4.69, 9.17) is 4.74 Å². The molecule has 2 aromatic rings. The summed E-state index contributed by atoms with van der Waals surface area (Å²) in [6.07, 6.45) is 2.55. The molecule has 2 rings (SSSR count). The quantitative estimate of drug-likeness (QED) is 0.829. The second-order valence-electron chi connectivity index (χ2n) is 4.77. The van der Waals surface area contributed by atoms with E-state index in [2.05, 4.69) is 26.3 Å². The molecule has 4 nitrogen and oxygen atoms in total. The second kappa shape index (κ2) is 7.68. The van der Waals surface area contributed by atoms with Gasteiger partial charge in [-0.2, -0.15) is 5.10 Å². The summed E-state index contributed by atoms with van der Waals surface area (Å²) >= 11 is 3.55. The molecule has 0 fully saturated rings. The summed E-state index contributed by atoms with van der Waals surface area (Å²) in [5.74, 6) is -0.217. The highest BCUT2D eigenvalue weighted by Gasteiger charge is 2.19. The Labute approximate surface area is 132 Å². The third-order valence-corrected chi connectivity index (χ3v) is 3.98. The minimum absolute atomic E-state index is 0.0872. The highest BCUT2D eigenvalue weighted by molar-refractivity contribution is 9.10. The number of hydrogen-bond acceptors (Lipinski definition) is 3. The lowest BCUT2D eigenvalue weighted by Crippen LogP contribution is -2.24. The van der Waals surface area contributed by atoms with Gasteiger partial charge >= 0.3 is 0 Å². The summed E-state index contributed by atoms with van der Waals surface area (Å²) in [6, 6.07) is 6.68. The number of rotatable bonds is 7. The predicted molar refractivity (Wildman–Crippen MR) is 83.7 cm³/mol. The molecular formula is C15H19BrFN3O. The van der Waals surface area contributed by atoms with Crippen LogP contribution in [0.25, 0.3) is 0 Å². The van der Waals surface area contributed by atoms with Crippen LogP contribution in [0, 0.1) is 5.82 Å². The Morgan fingerprint density at radius 2 is 2.10 bits per heavy atom. The summed E-state index contributed by atoms with van der Waals surface area (Å²) in [5, 5.41) is 7.67. The van der Waals surface area contributed by atoms with Gasteiger partial charge in [-0.05, 0) is 47.1 Å². The highest BCUT2D eigenvalue weighted by atomic mass is 79.9. The van der Waals surface area contributed by atoms with Crippen LogP contribution in [0.5, 0.6) is 0 Å². The van der Waals surface area contributed by atoms with Crippen molar-refractivity contribution in [1.82, 2.24) is 15.1 Å². The molecule has 0 bridgehead atoms. The lowest BCUT2D eigenvalue weighted by atomic mass is 10.0. The maximum absolute atomic E-state index is 13.0. The van der Waals surface area contributed by atoms with Crippen LogP contribution < -0.4 is 5.32 Å². The molecule has 1 unspecified atom stereocenters. The normalized spacial score (nSPS) is 12.6. The van der Waals surface area contributed by atoms with Crippen LogP contribution in [0.1, 0.15) is 17.3 Å². The van der Waals surface area contributed by atoms with Gasteiger partial charge in [0.25, 0.3) is 0 Å². The first-order chi connectivity index (χ1) is 10.2. The number of methoxy groups -OCH3 is 1. The Morgan fingerprint density at radius 1 is 1.38 bits per heavy atom. The van der Waals surface area contributed by atoms with Gasteiger partial charge in [-0.25, -0.2) is 4.39 Å². The average molecular weight is 356 g/mol. The number of benzene rings is 1. The molecule has 114 valence electrons. The standard InChI is InChI=1S/C15H19BrFN3O/c1-18-14(9-11-3-5-12(17)6-4-11)15-13(16)10-19-20(15)7-8-21-2/h3-6,10,14,18H,7-9H2,1-2H3. The molecule has 0 saturated carbocycles. The monoisotopic (exact) mass is 355 g/mol. The van der Waals surface area contributed by atoms with E-state index >= 15 is 0 Å². The van der Waals surface area contributed by atoms with E-state index in [0.29, 0.717) is 13.2 Å². The third-order valence-electron chi connectivity index (χ3n) is 3.37. The van der Waals surface area contributed by atoms with Crippen LogP contribution in [0.2, 0.25) is 0 Å². The zero-order valence-corrected chi connectivity index (χ0v) is 13.7. The van der Waals surface area contributed by atoms with E-state index in [1.54, 1.807) is 13.3 Å². The zero-order valence-electron chi connectivity index (χ0n) is 12.1. The summed E-state index contributed by atoms with van der Waals surface area (Å²) in [7, 11) is 3.58. The topological polar surface area (TPSA) is 39.1 Å². The molecule has 0 radical (unpaired) electrons. The number of hydrogen-bond donors (Lipinski definition) is 1. The fourth-order valence-electron chi connectivity index (χ4n) is 2.27. The first-order valence-corrected chi connectivity index (χ1v) is 7.57.